The Kier molecular flexibility index (Phi) is 3.46. The van der Waals surface area contributed by atoms with Gasteiger partial charge in [0.1, 0.15) is 11.2 Å². The summed E-state index contributed by atoms with van der Waals surface area (Å²) >= 11 is 0. The van der Waals surface area contributed by atoms with Crippen LogP contribution in [0.3, 0.4) is 0 Å². The van der Waals surface area contributed by atoms with Crippen LogP contribution in [0.15, 0.2) is 54.7 Å². The second-order valence-electron chi connectivity index (χ2n) is 6.21. The molecule has 6 heteroatoms. The summed E-state index contributed by atoms with van der Waals surface area (Å²) < 4.78 is 0. The van der Waals surface area contributed by atoms with Crippen molar-refractivity contribution in [3.8, 4) is 0 Å². The van der Waals surface area contributed by atoms with Gasteiger partial charge in [-0.2, -0.15) is 0 Å². The molecule has 1 aliphatic rings. The van der Waals surface area contributed by atoms with Crippen molar-refractivity contribution in [1.82, 2.24) is 15.3 Å². The number of hydrogen-bond acceptors (Lipinski definition) is 4. The summed E-state index contributed by atoms with van der Waals surface area (Å²) in [4.78, 5) is 33.1. The van der Waals surface area contributed by atoms with Gasteiger partial charge in [-0.15, -0.1) is 0 Å². The first-order valence-corrected chi connectivity index (χ1v) is 7.92. The largest absolute Gasteiger partial charge is 0.479 e. The Hall–Kier alpha value is -3.28. The first-order chi connectivity index (χ1) is 12.1. The fraction of sp³-hybridized carbons (Fsp3) is 0.158. The molecule has 0 aliphatic heterocycles. The fourth-order valence-electron chi connectivity index (χ4n) is 3.26. The Balaban J connectivity index is 1.64. The van der Waals surface area contributed by atoms with Crippen LogP contribution in [0.25, 0.3) is 11.0 Å². The quantitative estimate of drug-likeness (QED) is 0.765. The number of carbonyl (C=O) groups is 2. The van der Waals surface area contributed by atoms with Gasteiger partial charge < -0.3 is 10.4 Å². The van der Waals surface area contributed by atoms with E-state index in [1.54, 1.807) is 12.1 Å². The zero-order chi connectivity index (χ0) is 17.4. The lowest BCUT2D eigenvalue weighted by Gasteiger charge is -2.25. The van der Waals surface area contributed by atoms with Crippen LogP contribution < -0.4 is 5.32 Å². The summed E-state index contributed by atoms with van der Waals surface area (Å²) in [5.41, 5.74) is 1.91. The van der Waals surface area contributed by atoms with Crippen LogP contribution in [0.2, 0.25) is 0 Å². The highest BCUT2D eigenvalue weighted by molar-refractivity contribution is 5.98. The molecule has 3 aromatic rings. The molecule has 1 aliphatic carbocycles. The minimum Gasteiger partial charge on any atom is -0.479 e. The van der Waals surface area contributed by atoms with Crippen molar-refractivity contribution in [1.29, 1.82) is 0 Å². The summed E-state index contributed by atoms with van der Waals surface area (Å²) in [5, 5.41) is 12.4. The van der Waals surface area contributed by atoms with Crippen LogP contribution in [-0.4, -0.2) is 32.5 Å². The summed E-state index contributed by atoms with van der Waals surface area (Å²) in [7, 11) is 0. The fourth-order valence-corrected chi connectivity index (χ4v) is 3.26. The number of fused-ring (bicyclic) bond motifs is 2. The minimum absolute atomic E-state index is 0.107. The molecule has 0 atom stereocenters. The molecule has 2 N–H and O–H groups in total. The van der Waals surface area contributed by atoms with Crippen molar-refractivity contribution in [2.24, 2.45) is 0 Å². The first kappa shape index (κ1) is 15.3. The molecule has 0 saturated carbocycles. The maximum absolute atomic E-state index is 12.6. The third-order valence-electron chi connectivity index (χ3n) is 4.55. The normalized spacial score (nSPS) is 14.9. The molecule has 0 fully saturated rings. The van der Waals surface area contributed by atoms with Crippen LogP contribution in [0.5, 0.6) is 0 Å². The van der Waals surface area contributed by atoms with Crippen molar-refractivity contribution < 1.29 is 14.7 Å². The standard InChI is InChI=1S/C19H15N3O3/c23-17(16-11-20-14-7-3-4-8-15(14)21-16)22-19(18(24)25)9-12-5-1-2-6-13(12)10-19/h1-8,11H,9-10H2,(H,22,23)(H,24,25). The van der Waals surface area contributed by atoms with E-state index in [0.29, 0.717) is 11.0 Å². The van der Waals surface area contributed by atoms with Crippen LogP contribution in [0, 0.1) is 0 Å². The molecule has 0 saturated heterocycles. The number of rotatable bonds is 3. The zero-order valence-corrected chi connectivity index (χ0v) is 13.3. The van der Waals surface area contributed by atoms with E-state index in [1.165, 1.54) is 6.20 Å². The van der Waals surface area contributed by atoms with Crippen molar-refractivity contribution in [2.45, 2.75) is 18.4 Å². The number of aromatic nitrogens is 2. The maximum atomic E-state index is 12.6. The second kappa shape index (κ2) is 5.66. The van der Waals surface area contributed by atoms with Crippen molar-refractivity contribution in [3.05, 3.63) is 71.5 Å². The lowest BCUT2D eigenvalue weighted by molar-refractivity contribution is -0.144. The summed E-state index contributed by atoms with van der Waals surface area (Å²) in [6.45, 7) is 0. The number of nitrogens with one attached hydrogen (secondary N) is 1. The molecule has 124 valence electrons. The maximum Gasteiger partial charge on any atom is 0.330 e. The van der Waals surface area contributed by atoms with Gasteiger partial charge in [-0.1, -0.05) is 36.4 Å². The molecule has 0 bridgehead atoms. The molecule has 1 amide bonds. The number of benzene rings is 2. The summed E-state index contributed by atoms with van der Waals surface area (Å²) in [5.74, 6) is -1.58. The van der Waals surface area contributed by atoms with Gasteiger partial charge in [-0.05, 0) is 23.3 Å². The van der Waals surface area contributed by atoms with E-state index in [2.05, 4.69) is 15.3 Å². The van der Waals surface area contributed by atoms with Gasteiger partial charge in [0.25, 0.3) is 5.91 Å². The van der Waals surface area contributed by atoms with Crippen molar-refractivity contribution >= 4 is 22.9 Å². The molecule has 2 aromatic carbocycles. The van der Waals surface area contributed by atoms with Crippen LogP contribution in [-0.2, 0) is 17.6 Å². The predicted molar refractivity (Wildman–Crippen MR) is 91.2 cm³/mol. The highest BCUT2D eigenvalue weighted by Gasteiger charge is 2.45. The van der Waals surface area contributed by atoms with Crippen LogP contribution in [0.4, 0.5) is 0 Å². The second-order valence-corrected chi connectivity index (χ2v) is 6.21. The van der Waals surface area contributed by atoms with Gasteiger partial charge in [0.05, 0.1) is 17.2 Å². The number of aliphatic carboxylic acids is 1. The zero-order valence-electron chi connectivity index (χ0n) is 13.3. The smallest absolute Gasteiger partial charge is 0.330 e. The lowest BCUT2D eigenvalue weighted by Crippen LogP contribution is -2.55. The van der Waals surface area contributed by atoms with Crippen LogP contribution >= 0.6 is 0 Å². The Labute approximate surface area is 143 Å². The number of amides is 1. The van der Waals surface area contributed by atoms with E-state index in [9.17, 15) is 14.7 Å². The predicted octanol–water partition coefficient (Wildman–Crippen LogP) is 1.98. The molecule has 0 spiro atoms. The van der Waals surface area contributed by atoms with E-state index < -0.39 is 17.4 Å². The van der Waals surface area contributed by atoms with Gasteiger partial charge in [-0.25, -0.2) is 9.78 Å². The molecular weight excluding hydrogens is 318 g/mol. The molecule has 6 nitrogen and oxygen atoms in total. The highest BCUT2D eigenvalue weighted by Crippen LogP contribution is 2.30. The molecule has 1 aromatic heterocycles. The Morgan fingerprint density at radius 3 is 2.20 bits per heavy atom. The summed E-state index contributed by atoms with van der Waals surface area (Å²) in [6, 6.07) is 14.7. The van der Waals surface area contributed by atoms with E-state index in [0.717, 1.165) is 11.1 Å². The van der Waals surface area contributed by atoms with E-state index >= 15 is 0 Å². The first-order valence-electron chi connectivity index (χ1n) is 7.92. The van der Waals surface area contributed by atoms with E-state index in [-0.39, 0.29) is 18.5 Å². The lowest BCUT2D eigenvalue weighted by atomic mass is 9.95. The molecular formula is C19H15N3O3. The Morgan fingerprint density at radius 2 is 1.56 bits per heavy atom. The monoisotopic (exact) mass is 333 g/mol. The molecule has 0 radical (unpaired) electrons. The average Bonchev–Trinajstić information content (AvgIpc) is 3.00. The van der Waals surface area contributed by atoms with E-state index in [1.807, 2.05) is 36.4 Å². The van der Waals surface area contributed by atoms with E-state index in [4.69, 9.17) is 0 Å². The number of nitrogens with zero attached hydrogens (tertiary/aromatic N) is 2. The van der Waals surface area contributed by atoms with Crippen molar-refractivity contribution in [3.63, 3.8) is 0 Å². The number of carboxylic acid groups (broad SMARTS) is 1. The molecule has 0 unspecified atom stereocenters. The highest BCUT2D eigenvalue weighted by atomic mass is 16.4. The average molecular weight is 333 g/mol. The molecule has 1 heterocycles. The van der Waals surface area contributed by atoms with Gasteiger partial charge in [-0.3, -0.25) is 9.78 Å². The third kappa shape index (κ3) is 2.61. The van der Waals surface area contributed by atoms with Gasteiger partial charge in [0.2, 0.25) is 0 Å². The van der Waals surface area contributed by atoms with Gasteiger partial charge >= 0.3 is 5.97 Å². The molecule has 4 rings (SSSR count). The number of hydrogen-bond donors (Lipinski definition) is 2. The third-order valence-corrected chi connectivity index (χ3v) is 4.55. The number of carboxylic acids is 1. The topological polar surface area (TPSA) is 92.2 Å². The van der Waals surface area contributed by atoms with Gasteiger partial charge in [0, 0.05) is 12.8 Å². The SMILES string of the molecule is O=C(NC1(C(=O)O)Cc2ccccc2C1)c1cnc2ccccc2n1. The minimum atomic E-state index is -1.35. The number of para-hydroxylation sites is 2. The summed E-state index contributed by atoms with van der Waals surface area (Å²) in [6.07, 6.45) is 1.88. The van der Waals surface area contributed by atoms with Crippen molar-refractivity contribution in [2.75, 3.05) is 0 Å². The molecule has 25 heavy (non-hydrogen) atoms. The van der Waals surface area contributed by atoms with Gasteiger partial charge in [0.15, 0.2) is 0 Å². The van der Waals surface area contributed by atoms with Crippen LogP contribution in [0.1, 0.15) is 21.6 Å². The Morgan fingerprint density at radius 1 is 0.960 bits per heavy atom. The number of carbonyl (C=O) groups excluding carboxylic acids is 1. The Bertz CT molecular complexity index is 975.